The Morgan fingerprint density at radius 1 is 1.44 bits per heavy atom. The molecule has 0 unspecified atom stereocenters. The molecule has 1 atom stereocenters. The summed E-state index contributed by atoms with van der Waals surface area (Å²) in [7, 11) is -3.13. The average molecular weight is 382 g/mol. The van der Waals surface area contributed by atoms with Crippen LogP contribution < -0.4 is 0 Å². The fourth-order valence-electron chi connectivity index (χ4n) is 3.12. The van der Waals surface area contributed by atoms with E-state index in [0.717, 1.165) is 18.4 Å². The van der Waals surface area contributed by atoms with Gasteiger partial charge in [0.2, 0.25) is 5.91 Å². The summed E-state index contributed by atoms with van der Waals surface area (Å²) in [6.45, 7) is 2.96. The summed E-state index contributed by atoms with van der Waals surface area (Å²) in [4.78, 5) is 15.7. The molecule has 1 aliphatic rings. The third-order valence-electron chi connectivity index (χ3n) is 4.51. The molecular weight excluding hydrogens is 358 g/mol. The van der Waals surface area contributed by atoms with Crippen LogP contribution in [0.3, 0.4) is 0 Å². The monoisotopic (exact) mass is 381 g/mol. The lowest BCUT2D eigenvalue weighted by Crippen LogP contribution is -2.46. The third-order valence-corrected chi connectivity index (χ3v) is 7.07. The fourth-order valence-corrected chi connectivity index (χ4v) is 5.36. The van der Waals surface area contributed by atoms with Crippen molar-refractivity contribution in [3.05, 3.63) is 40.3 Å². The molecule has 1 amide bonds. The predicted molar refractivity (Wildman–Crippen MR) is 98.3 cm³/mol. The highest BCUT2D eigenvalue weighted by Gasteiger charge is 2.35. The van der Waals surface area contributed by atoms with Gasteiger partial charge in [0.1, 0.15) is 0 Å². The first-order valence-corrected chi connectivity index (χ1v) is 11.2. The minimum Gasteiger partial charge on any atom is -0.333 e. The van der Waals surface area contributed by atoms with Gasteiger partial charge in [-0.15, -0.1) is 11.3 Å². The van der Waals surface area contributed by atoms with E-state index in [0.29, 0.717) is 13.0 Å². The van der Waals surface area contributed by atoms with E-state index >= 15 is 0 Å². The number of nitrogens with zero attached hydrogens (tertiary/aromatic N) is 3. The van der Waals surface area contributed by atoms with Gasteiger partial charge in [-0.05, 0) is 31.2 Å². The molecule has 1 saturated heterocycles. The van der Waals surface area contributed by atoms with E-state index in [4.69, 9.17) is 0 Å². The van der Waals surface area contributed by atoms with Crippen molar-refractivity contribution in [2.75, 3.05) is 18.1 Å². The average Bonchev–Trinajstić information content (AvgIpc) is 3.25. The van der Waals surface area contributed by atoms with Gasteiger partial charge < -0.3 is 4.90 Å². The van der Waals surface area contributed by atoms with E-state index in [1.54, 1.807) is 27.1 Å². The number of rotatable bonds is 6. The van der Waals surface area contributed by atoms with Gasteiger partial charge in [-0.2, -0.15) is 5.10 Å². The van der Waals surface area contributed by atoms with E-state index in [-0.39, 0.29) is 24.0 Å². The molecule has 1 aliphatic heterocycles. The minimum absolute atomic E-state index is 0.0148. The van der Waals surface area contributed by atoms with Gasteiger partial charge in [0.25, 0.3) is 0 Å². The fraction of sp³-hybridized carbons (Fsp3) is 0.529. The van der Waals surface area contributed by atoms with Gasteiger partial charge in [-0.25, -0.2) is 8.42 Å². The number of hydrogen-bond acceptors (Lipinski definition) is 5. The molecule has 3 rings (SSSR count). The largest absolute Gasteiger partial charge is 0.333 e. The molecule has 8 heteroatoms. The van der Waals surface area contributed by atoms with Crippen LogP contribution in [0.15, 0.2) is 29.9 Å². The Balaban J connectivity index is 1.69. The summed E-state index contributed by atoms with van der Waals surface area (Å²) in [5, 5.41) is 6.27. The molecule has 0 spiro atoms. The number of carbonyl (C=O) groups is 1. The van der Waals surface area contributed by atoms with Crippen molar-refractivity contribution in [3.63, 3.8) is 0 Å². The predicted octanol–water partition coefficient (Wildman–Crippen LogP) is 2.29. The molecule has 0 saturated carbocycles. The summed E-state index contributed by atoms with van der Waals surface area (Å²) in [6, 6.07) is 3.66. The SMILES string of the molecule is CCn1cc([C@H]2CS(=O)(=O)CCN2C(=O)CCCc2cccs2)cn1. The number of thiophene rings is 1. The molecule has 2 aromatic heterocycles. The maximum Gasteiger partial charge on any atom is 0.223 e. The number of carbonyl (C=O) groups excluding carboxylic acids is 1. The van der Waals surface area contributed by atoms with E-state index in [2.05, 4.69) is 11.2 Å². The maximum atomic E-state index is 12.7. The smallest absolute Gasteiger partial charge is 0.223 e. The van der Waals surface area contributed by atoms with E-state index in [1.165, 1.54) is 4.88 Å². The van der Waals surface area contributed by atoms with Gasteiger partial charge in [-0.1, -0.05) is 6.07 Å². The lowest BCUT2D eigenvalue weighted by Gasteiger charge is -2.35. The van der Waals surface area contributed by atoms with Crippen LogP contribution in [0, 0.1) is 0 Å². The standard InChI is InChI=1S/C17H23N3O3S2/c1-2-19-12-14(11-18-19)16-13-25(22,23)10-8-20(16)17(21)7-3-5-15-6-4-9-24-15/h4,6,9,11-12,16H,2-3,5,7-8,10,13H2,1H3/t16-/m1/s1. The molecule has 0 aromatic carbocycles. The van der Waals surface area contributed by atoms with Crippen molar-refractivity contribution in [1.29, 1.82) is 0 Å². The summed E-state index contributed by atoms with van der Waals surface area (Å²) in [5.41, 5.74) is 0.803. The molecule has 2 aromatic rings. The Bertz CT molecular complexity index is 812. The maximum absolute atomic E-state index is 12.7. The lowest BCUT2D eigenvalue weighted by molar-refractivity contribution is -0.133. The van der Waals surface area contributed by atoms with Gasteiger partial charge in [0, 0.05) is 36.1 Å². The molecule has 0 radical (unpaired) electrons. The van der Waals surface area contributed by atoms with Crippen molar-refractivity contribution in [2.24, 2.45) is 0 Å². The Labute approximate surface area is 152 Å². The topological polar surface area (TPSA) is 72.3 Å². The molecule has 1 fully saturated rings. The highest BCUT2D eigenvalue weighted by molar-refractivity contribution is 7.91. The lowest BCUT2D eigenvalue weighted by atomic mass is 10.1. The van der Waals surface area contributed by atoms with E-state index in [1.807, 2.05) is 24.6 Å². The Morgan fingerprint density at radius 2 is 2.28 bits per heavy atom. The second-order valence-electron chi connectivity index (χ2n) is 6.28. The van der Waals surface area contributed by atoms with Crippen molar-refractivity contribution in [2.45, 2.75) is 38.8 Å². The Morgan fingerprint density at radius 3 is 2.96 bits per heavy atom. The molecule has 6 nitrogen and oxygen atoms in total. The second-order valence-corrected chi connectivity index (χ2v) is 9.54. The number of amides is 1. The first-order valence-electron chi connectivity index (χ1n) is 8.53. The zero-order valence-corrected chi connectivity index (χ0v) is 15.9. The summed E-state index contributed by atoms with van der Waals surface area (Å²) < 4.78 is 25.9. The highest BCUT2D eigenvalue weighted by atomic mass is 32.2. The molecule has 25 heavy (non-hydrogen) atoms. The van der Waals surface area contributed by atoms with Gasteiger partial charge in [-0.3, -0.25) is 9.48 Å². The Kier molecular flexibility index (Phi) is 5.58. The summed E-state index contributed by atoms with van der Waals surface area (Å²) in [5.74, 6) is 0.0574. The van der Waals surface area contributed by atoms with E-state index < -0.39 is 15.9 Å². The van der Waals surface area contributed by atoms with Crippen LogP contribution in [0.25, 0.3) is 0 Å². The molecular formula is C17H23N3O3S2. The minimum atomic E-state index is -3.13. The van der Waals surface area contributed by atoms with Crippen molar-refractivity contribution in [1.82, 2.24) is 14.7 Å². The van der Waals surface area contributed by atoms with Crippen molar-refractivity contribution in [3.8, 4) is 0 Å². The first kappa shape index (κ1) is 18.1. The molecule has 3 heterocycles. The quantitative estimate of drug-likeness (QED) is 0.770. The van der Waals surface area contributed by atoms with E-state index in [9.17, 15) is 13.2 Å². The highest BCUT2D eigenvalue weighted by Crippen LogP contribution is 2.27. The zero-order chi connectivity index (χ0) is 17.9. The molecule has 0 bridgehead atoms. The normalized spacial score (nSPS) is 19.9. The van der Waals surface area contributed by atoms with Crippen LogP contribution in [0.5, 0.6) is 0 Å². The summed E-state index contributed by atoms with van der Waals surface area (Å²) in [6.07, 6.45) is 5.63. The van der Waals surface area contributed by atoms with Crippen LogP contribution in [0.1, 0.15) is 36.2 Å². The number of hydrogen-bond donors (Lipinski definition) is 0. The van der Waals surface area contributed by atoms with Gasteiger partial charge >= 0.3 is 0 Å². The van der Waals surface area contributed by atoms with Gasteiger partial charge in [0.05, 0.1) is 23.7 Å². The number of sulfone groups is 1. The number of aryl methyl sites for hydroxylation is 2. The molecule has 0 aliphatic carbocycles. The van der Waals surface area contributed by atoms with Crippen LogP contribution >= 0.6 is 11.3 Å². The molecule has 0 N–H and O–H groups in total. The van der Waals surface area contributed by atoms with Crippen molar-refractivity contribution < 1.29 is 13.2 Å². The Hall–Kier alpha value is -1.67. The van der Waals surface area contributed by atoms with Gasteiger partial charge in [0.15, 0.2) is 9.84 Å². The van der Waals surface area contributed by atoms with Crippen LogP contribution in [0.4, 0.5) is 0 Å². The number of aromatic nitrogens is 2. The first-order chi connectivity index (χ1) is 12.0. The summed E-state index contributed by atoms with van der Waals surface area (Å²) >= 11 is 1.70. The third kappa shape index (κ3) is 4.49. The zero-order valence-electron chi connectivity index (χ0n) is 14.3. The molecule has 136 valence electrons. The second kappa shape index (κ2) is 7.70. The van der Waals surface area contributed by atoms with Crippen LogP contribution in [-0.2, 0) is 27.6 Å². The van der Waals surface area contributed by atoms with Crippen LogP contribution in [-0.4, -0.2) is 47.1 Å². The van der Waals surface area contributed by atoms with Crippen molar-refractivity contribution >= 4 is 27.1 Å². The van der Waals surface area contributed by atoms with Crippen LogP contribution in [0.2, 0.25) is 0 Å².